The molecule has 37 heavy (non-hydrogen) atoms. The smallest absolute Gasteiger partial charge is 0.336 e. The Morgan fingerprint density at radius 2 is 1.16 bits per heavy atom. The Morgan fingerprint density at radius 1 is 0.622 bits per heavy atom. The molecule has 0 atom stereocenters. The van der Waals surface area contributed by atoms with Gasteiger partial charge in [-0.3, -0.25) is 4.79 Å². The van der Waals surface area contributed by atoms with Crippen molar-refractivity contribution in [3.8, 4) is 0 Å². The fraction of sp³-hybridized carbons (Fsp3) is 0.0714. The van der Waals surface area contributed by atoms with E-state index >= 15 is 0 Å². The van der Waals surface area contributed by atoms with E-state index in [4.69, 9.17) is 0 Å². The fourth-order valence-electron chi connectivity index (χ4n) is 3.63. The molecule has 0 saturated carbocycles. The van der Waals surface area contributed by atoms with Gasteiger partial charge >= 0.3 is 5.97 Å². The molecule has 4 aromatic carbocycles. The summed E-state index contributed by atoms with van der Waals surface area (Å²) in [5.74, 6) is -6.93. The number of benzene rings is 4. The predicted molar refractivity (Wildman–Crippen MR) is 135 cm³/mol. The maximum absolute atomic E-state index is 14.8. The predicted octanol–water partition coefficient (Wildman–Crippen LogP) is 7.76. The Morgan fingerprint density at radius 3 is 1.81 bits per heavy atom. The van der Waals surface area contributed by atoms with Crippen LogP contribution in [0.2, 0.25) is 0 Å². The standard InChI is InChI=1S/C28H18F4O3S2/c29-22-12-10-17(20(25(22)31)14-36-16-6-2-1-3-7-16)27(33)19-8-4-5-9-24(19)37-15-21-18(28(34)35)11-13-23(30)26(21)32/h1-13H,14-15H2,(H,34,35). The van der Waals surface area contributed by atoms with E-state index in [2.05, 4.69) is 0 Å². The number of ketones is 1. The number of carboxylic acids is 1. The second kappa shape index (κ2) is 11.7. The zero-order chi connectivity index (χ0) is 26.5. The topological polar surface area (TPSA) is 54.4 Å². The number of halogens is 4. The number of carboxylic acid groups (broad SMARTS) is 1. The van der Waals surface area contributed by atoms with Gasteiger partial charge in [-0.05, 0) is 48.5 Å². The molecule has 4 aromatic rings. The summed E-state index contributed by atoms with van der Waals surface area (Å²) in [5, 5.41) is 9.36. The van der Waals surface area contributed by atoms with E-state index < -0.39 is 40.6 Å². The van der Waals surface area contributed by atoms with Gasteiger partial charge in [0.25, 0.3) is 0 Å². The molecule has 0 heterocycles. The molecule has 0 spiro atoms. The van der Waals surface area contributed by atoms with Crippen molar-refractivity contribution in [2.45, 2.75) is 21.3 Å². The summed E-state index contributed by atoms with van der Waals surface area (Å²) in [4.78, 5) is 26.2. The van der Waals surface area contributed by atoms with E-state index in [1.807, 2.05) is 18.2 Å². The fourth-order valence-corrected chi connectivity index (χ4v) is 5.64. The van der Waals surface area contributed by atoms with Crippen molar-refractivity contribution in [3.63, 3.8) is 0 Å². The van der Waals surface area contributed by atoms with Crippen molar-refractivity contribution in [1.82, 2.24) is 0 Å². The highest BCUT2D eigenvalue weighted by molar-refractivity contribution is 7.98. The van der Waals surface area contributed by atoms with Crippen LogP contribution in [-0.2, 0) is 11.5 Å². The maximum atomic E-state index is 14.8. The first-order valence-electron chi connectivity index (χ1n) is 10.9. The van der Waals surface area contributed by atoms with Crippen LogP contribution in [0.4, 0.5) is 17.6 Å². The van der Waals surface area contributed by atoms with Gasteiger partial charge in [-0.2, -0.15) is 0 Å². The molecular formula is C28H18F4O3S2. The van der Waals surface area contributed by atoms with Crippen LogP contribution in [0.1, 0.15) is 37.4 Å². The van der Waals surface area contributed by atoms with E-state index in [-0.39, 0.29) is 33.8 Å². The highest BCUT2D eigenvalue weighted by Crippen LogP contribution is 2.33. The lowest BCUT2D eigenvalue weighted by Crippen LogP contribution is -2.10. The van der Waals surface area contributed by atoms with Crippen molar-refractivity contribution in [2.75, 3.05) is 0 Å². The average molecular weight is 543 g/mol. The van der Waals surface area contributed by atoms with Gasteiger partial charge < -0.3 is 5.11 Å². The Kier molecular flexibility index (Phi) is 8.35. The molecule has 0 amide bonds. The molecule has 0 aromatic heterocycles. The Labute approximate surface area is 218 Å². The first-order valence-corrected chi connectivity index (χ1v) is 12.9. The van der Waals surface area contributed by atoms with Crippen LogP contribution >= 0.6 is 23.5 Å². The highest BCUT2D eigenvalue weighted by atomic mass is 32.2. The molecular weight excluding hydrogens is 524 g/mol. The highest BCUT2D eigenvalue weighted by Gasteiger charge is 2.23. The zero-order valence-corrected chi connectivity index (χ0v) is 20.6. The average Bonchev–Trinajstić information content (AvgIpc) is 2.90. The first-order chi connectivity index (χ1) is 17.8. The molecule has 0 bridgehead atoms. The minimum Gasteiger partial charge on any atom is -0.478 e. The van der Waals surface area contributed by atoms with Gasteiger partial charge in [-0.25, -0.2) is 22.4 Å². The van der Waals surface area contributed by atoms with E-state index in [0.717, 1.165) is 34.9 Å². The summed E-state index contributed by atoms with van der Waals surface area (Å²) < 4.78 is 57.1. The lowest BCUT2D eigenvalue weighted by Gasteiger charge is -2.14. The van der Waals surface area contributed by atoms with Crippen LogP contribution in [-0.4, -0.2) is 16.9 Å². The van der Waals surface area contributed by atoms with Gasteiger partial charge in [0.1, 0.15) is 0 Å². The molecule has 4 rings (SSSR count). The molecule has 0 saturated heterocycles. The molecule has 0 aliphatic carbocycles. The largest absolute Gasteiger partial charge is 0.478 e. The molecule has 0 fully saturated rings. The van der Waals surface area contributed by atoms with Gasteiger partial charge in [0.2, 0.25) is 0 Å². The van der Waals surface area contributed by atoms with Crippen molar-refractivity contribution in [3.05, 3.63) is 130 Å². The van der Waals surface area contributed by atoms with E-state index in [1.165, 1.54) is 23.9 Å². The first kappa shape index (κ1) is 26.5. The number of thioether (sulfide) groups is 2. The van der Waals surface area contributed by atoms with Crippen LogP contribution < -0.4 is 0 Å². The third kappa shape index (κ3) is 5.89. The van der Waals surface area contributed by atoms with Gasteiger partial charge in [-0.15, -0.1) is 23.5 Å². The van der Waals surface area contributed by atoms with E-state index in [9.17, 15) is 32.3 Å². The number of carbonyl (C=O) groups is 2. The molecule has 0 radical (unpaired) electrons. The third-order valence-corrected chi connectivity index (χ3v) is 7.64. The quantitative estimate of drug-likeness (QED) is 0.133. The van der Waals surface area contributed by atoms with Gasteiger partial charge in [0.05, 0.1) is 5.56 Å². The lowest BCUT2D eigenvalue weighted by atomic mass is 9.98. The molecule has 0 aliphatic rings. The number of hydrogen-bond donors (Lipinski definition) is 1. The van der Waals surface area contributed by atoms with Crippen molar-refractivity contribution in [1.29, 1.82) is 0 Å². The van der Waals surface area contributed by atoms with E-state index in [1.54, 1.807) is 30.3 Å². The van der Waals surface area contributed by atoms with Gasteiger partial charge in [-0.1, -0.05) is 30.3 Å². The van der Waals surface area contributed by atoms with Crippen LogP contribution in [0.25, 0.3) is 0 Å². The molecule has 9 heteroatoms. The number of rotatable bonds is 9. The number of carbonyl (C=O) groups excluding carboxylic acids is 1. The summed E-state index contributed by atoms with van der Waals surface area (Å²) >= 11 is 2.18. The number of aromatic carboxylic acids is 1. The summed E-state index contributed by atoms with van der Waals surface area (Å²) in [7, 11) is 0. The summed E-state index contributed by atoms with van der Waals surface area (Å²) in [6, 6.07) is 19.1. The monoisotopic (exact) mass is 542 g/mol. The zero-order valence-electron chi connectivity index (χ0n) is 19.0. The minimum absolute atomic E-state index is 0.000461. The number of hydrogen-bond acceptors (Lipinski definition) is 4. The van der Waals surface area contributed by atoms with Crippen molar-refractivity contribution in [2.24, 2.45) is 0 Å². The normalized spacial score (nSPS) is 10.9. The summed E-state index contributed by atoms with van der Waals surface area (Å²) in [5.41, 5.74) is -0.733. The van der Waals surface area contributed by atoms with Crippen LogP contribution in [0.15, 0.2) is 88.7 Å². The van der Waals surface area contributed by atoms with Crippen LogP contribution in [0.5, 0.6) is 0 Å². The second-order valence-corrected chi connectivity index (χ2v) is 9.86. The summed E-state index contributed by atoms with van der Waals surface area (Å²) in [6.07, 6.45) is 0. The van der Waals surface area contributed by atoms with Crippen molar-refractivity contribution >= 4 is 35.3 Å². The van der Waals surface area contributed by atoms with Gasteiger partial charge in [0, 0.05) is 43.6 Å². The molecule has 188 valence electrons. The Bertz CT molecular complexity index is 1480. The maximum Gasteiger partial charge on any atom is 0.336 e. The van der Waals surface area contributed by atoms with Crippen molar-refractivity contribution < 1.29 is 32.3 Å². The Hall–Kier alpha value is -3.56. The minimum atomic E-state index is -1.42. The van der Waals surface area contributed by atoms with Crippen LogP contribution in [0.3, 0.4) is 0 Å². The van der Waals surface area contributed by atoms with Crippen LogP contribution in [0, 0.1) is 23.3 Å². The van der Waals surface area contributed by atoms with E-state index in [0.29, 0.717) is 4.90 Å². The molecule has 1 N–H and O–H groups in total. The molecule has 0 aliphatic heterocycles. The molecule has 3 nitrogen and oxygen atoms in total. The Balaban J connectivity index is 1.66. The summed E-state index contributed by atoms with van der Waals surface area (Å²) in [6.45, 7) is 0. The van der Waals surface area contributed by atoms with Gasteiger partial charge in [0.15, 0.2) is 29.1 Å². The lowest BCUT2D eigenvalue weighted by molar-refractivity contribution is 0.0695. The molecule has 0 unspecified atom stereocenters. The second-order valence-electron chi connectivity index (χ2n) is 7.80. The third-order valence-electron chi connectivity index (χ3n) is 5.50. The SMILES string of the molecule is O=C(O)c1ccc(F)c(F)c1CSc1ccccc1C(=O)c1ccc(F)c(F)c1CSc1ccccc1.